The molecule has 0 saturated heterocycles. The number of halogens is 1. The number of allylic oxidation sites excluding steroid dienone is 2. The van der Waals surface area contributed by atoms with E-state index in [1.54, 1.807) is 5.20 Å². The zero-order valence-electron chi connectivity index (χ0n) is 18.1. The van der Waals surface area contributed by atoms with E-state index in [0.29, 0.717) is 11.6 Å². The molecule has 2 aromatic rings. The highest BCUT2D eigenvalue weighted by Crippen LogP contribution is 2.44. The van der Waals surface area contributed by atoms with Gasteiger partial charge in [0.1, 0.15) is 0 Å². The van der Waals surface area contributed by atoms with Crippen LogP contribution in [0.2, 0.25) is 13.1 Å². The molecule has 148 valence electrons. The Hall–Kier alpha value is -1.84. The van der Waals surface area contributed by atoms with Crippen molar-refractivity contribution in [3.05, 3.63) is 73.6 Å². The minimum Gasteiger partial charge on any atom is -0.368 e. The van der Waals surface area contributed by atoms with E-state index in [1.165, 1.54) is 48.4 Å². The van der Waals surface area contributed by atoms with E-state index in [0.717, 1.165) is 0 Å². The van der Waals surface area contributed by atoms with Crippen LogP contribution in [0, 0.1) is 0 Å². The van der Waals surface area contributed by atoms with Crippen LogP contribution in [0.1, 0.15) is 43.0 Å². The van der Waals surface area contributed by atoms with Crippen molar-refractivity contribution in [2.24, 2.45) is 0 Å². The molecule has 0 saturated carbocycles. The lowest BCUT2D eigenvalue weighted by molar-refractivity contribution is 0.857. The third-order valence-corrected chi connectivity index (χ3v) is 12.3. The van der Waals surface area contributed by atoms with E-state index in [2.05, 4.69) is 110 Å². The molecule has 2 atom stereocenters. The summed E-state index contributed by atoms with van der Waals surface area (Å²) in [5.74, 6) is 0. The molecule has 3 aliphatic rings. The summed E-state index contributed by atoms with van der Waals surface area (Å²) < 4.78 is 1.28. The molecule has 5 rings (SSSR count). The van der Waals surface area contributed by atoms with Crippen LogP contribution in [-0.2, 0) is 0 Å². The zero-order chi connectivity index (χ0) is 20.7. The molecular formula is C26H28BrNSi. The number of anilines is 1. The van der Waals surface area contributed by atoms with E-state index >= 15 is 0 Å². The van der Waals surface area contributed by atoms with Crippen LogP contribution in [0.3, 0.4) is 0 Å². The van der Waals surface area contributed by atoms with Gasteiger partial charge >= 0.3 is 0 Å². The third kappa shape index (κ3) is 2.50. The van der Waals surface area contributed by atoms with Crippen LogP contribution in [0.5, 0.6) is 0 Å². The van der Waals surface area contributed by atoms with Crippen LogP contribution in [0.25, 0.3) is 22.9 Å². The average molecular weight is 463 g/mol. The molecule has 3 heteroatoms. The standard InChI is InChI=1S/C26H28BrNSi/c1-15-13-20-21(14-22-24(25(20)27)16(2)17(3)28(22)4)26(15)29(5,6)23-12-11-18-9-7-8-10-19(18)23/h7-14,17,23H,1-6H3. The maximum Gasteiger partial charge on any atom is 0.0931 e. The molecule has 1 aliphatic heterocycles. The van der Waals surface area contributed by atoms with Gasteiger partial charge in [-0.2, -0.15) is 0 Å². The van der Waals surface area contributed by atoms with Crippen LogP contribution in [-0.4, -0.2) is 21.2 Å². The molecule has 0 aromatic heterocycles. The molecule has 1 nitrogen and oxygen atoms in total. The summed E-state index contributed by atoms with van der Waals surface area (Å²) >= 11 is 4.01. The highest BCUT2D eigenvalue weighted by atomic mass is 79.9. The molecule has 2 aliphatic carbocycles. The maximum atomic E-state index is 4.01. The normalized spacial score (nSPS) is 22.2. The van der Waals surface area contributed by atoms with Gasteiger partial charge in [0, 0.05) is 34.0 Å². The fourth-order valence-corrected chi connectivity index (χ4v) is 10.5. The first-order chi connectivity index (χ1) is 13.7. The number of hydrogen-bond donors (Lipinski definition) is 0. The van der Waals surface area contributed by atoms with Gasteiger partial charge in [-0.1, -0.05) is 61.2 Å². The summed E-state index contributed by atoms with van der Waals surface area (Å²) in [6, 6.07) is 11.9. The number of nitrogens with zero attached hydrogens (tertiary/aromatic N) is 1. The minimum absolute atomic E-state index is 0.451. The lowest BCUT2D eigenvalue weighted by Crippen LogP contribution is -2.39. The molecule has 0 spiro atoms. The molecule has 0 amide bonds. The van der Waals surface area contributed by atoms with Gasteiger partial charge in [-0.05, 0) is 75.4 Å². The van der Waals surface area contributed by atoms with Crippen LogP contribution >= 0.6 is 15.9 Å². The van der Waals surface area contributed by atoms with Gasteiger partial charge in [0.25, 0.3) is 0 Å². The average Bonchev–Trinajstić information content (AvgIpc) is 3.32. The number of benzene rings is 2. The van der Waals surface area contributed by atoms with Gasteiger partial charge in [0.15, 0.2) is 0 Å². The van der Waals surface area contributed by atoms with Crippen LogP contribution < -0.4 is 15.3 Å². The first kappa shape index (κ1) is 19.1. The molecule has 29 heavy (non-hydrogen) atoms. The molecule has 0 fully saturated rings. The molecule has 0 radical (unpaired) electrons. The Labute approximate surface area is 183 Å². The first-order valence-corrected chi connectivity index (χ1v) is 14.4. The van der Waals surface area contributed by atoms with Gasteiger partial charge in [-0.15, -0.1) is 0 Å². The second kappa shape index (κ2) is 6.33. The van der Waals surface area contributed by atoms with Crippen molar-refractivity contribution in [1.29, 1.82) is 0 Å². The third-order valence-electron chi connectivity index (χ3n) is 7.51. The summed E-state index contributed by atoms with van der Waals surface area (Å²) in [5, 5.41) is 4.47. The lowest BCUT2D eigenvalue weighted by atomic mass is 10.1. The van der Waals surface area contributed by atoms with Gasteiger partial charge < -0.3 is 4.90 Å². The van der Waals surface area contributed by atoms with Crippen molar-refractivity contribution in [1.82, 2.24) is 0 Å². The Kier molecular flexibility index (Phi) is 4.17. The fourth-order valence-electron chi connectivity index (χ4n) is 5.75. The zero-order valence-corrected chi connectivity index (χ0v) is 20.7. The van der Waals surface area contributed by atoms with Gasteiger partial charge in [0.05, 0.1) is 8.07 Å². The second-order valence-corrected chi connectivity index (χ2v) is 14.8. The predicted octanol–water partition coefficient (Wildman–Crippen LogP) is 5.62. The van der Waals surface area contributed by atoms with Crippen molar-refractivity contribution in [2.75, 3.05) is 11.9 Å². The monoisotopic (exact) mass is 461 g/mol. The maximum absolute atomic E-state index is 4.01. The minimum atomic E-state index is -1.80. The second-order valence-electron chi connectivity index (χ2n) is 9.41. The van der Waals surface area contributed by atoms with Gasteiger partial charge in [-0.3, -0.25) is 0 Å². The molecule has 0 N–H and O–H groups in total. The Bertz CT molecular complexity index is 1250. The Morgan fingerprint density at radius 1 is 1.10 bits per heavy atom. The number of hydrogen-bond acceptors (Lipinski definition) is 1. The number of rotatable bonds is 2. The summed E-state index contributed by atoms with van der Waals surface area (Å²) in [5.41, 5.74) is 9.09. The smallest absolute Gasteiger partial charge is 0.0931 e. The Balaban J connectivity index is 1.78. The van der Waals surface area contributed by atoms with Crippen molar-refractivity contribution in [2.45, 2.75) is 45.4 Å². The van der Waals surface area contributed by atoms with Gasteiger partial charge in [-0.25, -0.2) is 0 Å². The van der Waals surface area contributed by atoms with Crippen LogP contribution in [0.15, 0.2) is 46.5 Å². The van der Waals surface area contributed by atoms with E-state index in [-0.39, 0.29) is 0 Å². The Morgan fingerprint density at radius 3 is 2.59 bits per heavy atom. The fraction of sp³-hybridized carbons (Fsp3) is 0.308. The highest BCUT2D eigenvalue weighted by Gasteiger charge is 2.40. The van der Waals surface area contributed by atoms with Crippen molar-refractivity contribution < 1.29 is 0 Å². The summed E-state index contributed by atoms with van der Waals surface area (Å²) in [7, 11) is 0.430. The number of fused-ring (bicyclic) bond motifs is 3. The van der Waals surface area contributed by atoms with E-state index < -0.39 is 8.07 Å². The molecule has 2 aromatic carbocycles. The quantitative estimate of drug-likeness (QED) is 0.524. The highest BCUT2D eigenvalue weighted by molar-refractivity contribution is 9.10. The predicted molar refractivity (Wildman–Crippen MR) is 133 cm³/mol. The van der Waals surface area contributed by atoms with E-state index in [1.807, 2.05) is 0 Å². The molecular weight excluding hydrogens is 434 g/mol. The van der Waals surface area contributed by atoms with Crippen molar-refractivity contribution in [3.63, 3.8) is 0 Å². The van der Waals surface area contributed by atoms with E-state index in [4.69, 9.17) is 0 Å². The summed E-state index contributed by atoms with van der Waals surface area (Å²) in [6.07, 6.45) is 7.21. The lowest BCUT2D eigenvalue weighted by Gasteiger charge is -2.32. The summed E-state index contributed by atoms with van der Waals surface area (Å²) in [6.45, 7) is 12.0. The van der Waals surface area contributed by atoms with Crippen molar-refractivity contribution in [3.8, 4) is 0 Å². The van der Waals surface area contributed by atoms with Crippen LogP contribution in [0.4, 0.5) is 5.69 Å². The van der Waals surface area contributed by atoms with Gasteiger partial charge in [0.2, 0.25) is 0 Å². The molecule has 1 heterocycles. The van der Waals surface area contributed by atoms with E-state index in [9.17, 15) is 0 Å². The topological polar surface area (TPSA) is 3.24 Å². The summed E-state index contributed by atoms with van der Waals surface area (Å²) in [4.78, 5) is 2.43. The SMILES string of the molecule is CC1=Cc2c(Br)c3c(cc2=C1[Si](C)(C)C1C=Cc2ccccc21)N(C)C(C)C=3C. The van der Waals surface area contributed by atoms with Crippen molar-refractivity contribution >= 4 is 52.6 Å². The molecule has 2 unspecified atom stereocenters. The Morgan fingerprint density at radius 2 is 1.83 bits per heavy atom. The molecule has 0 bridgehead atoms. The largest absolute Gasteiger partial charge is 0.368 e. The first-order valence-electron chi connectivity index (χ1n) is 10.5.